The van der Waals surface area contributed by atoms with Crippen LogP contribution in [0.25, 0.3) is 0 Å². The summed E-state index contributed by atoms with van der Waals surface area (Å²) < 4.78 is 5.22. The molecule has 16 heavy (non-hydrogen) atoms. The fraction of sp³-hybridized carbons (Fsp3) is 0.455. The molecule has 1 rings (SSSR count). The number of nitrogens with zero attached hydrogens (tertiary/aromatic N) is 1. The van der Waals surface area contributed by atoms with E-state index in [0.717, 1.165) is 6.42 Å². The van der Waals surface area contributed by atoms with Crippen LogP contribution in [0.4, 0.5) is 11.4 Å². The van der Waals surface area contributed by atoms with E-state index >= 15 is 0 Å². The first-order valence-corrected chi connectivity index (χ1v) is 5.31. The number of pyridine rings is 1. The van der Waals surface area contributed by atoms with Crippen LogP contribution < -0.4 is 11.1 Å². The van der Waals surface area contributed by atoms with Crippen LogP contribution in [0.3, 0.4) is 0 Å². The highest BCUT2D eigenvalue weighted by molar-refractivity contribution is 5.93. The third-order valence-electron chi connectivity index (χ3n) is 1.95. The van der Waals surface area contributed by atoms with Crippen LogP contribution in [-0.2, 0) is 9.53 Å². The van der Waals surface area contributed by atoms with E-state index in [1.54, 1.807) is 12.3 Å². The fourth-order valence-corrected chi connectivity index (χ4v) is 1.14. The Kier molecular flexibility index (Phi) is 5.28. The molecule has 0 unspecified atom stereocenters. The molecule has 88 valence electrons. The van der Waals surface area contributed by atoms with Gasteiger partial charge in [0.15, 0.2) is 0 Å². The van der Waals surface area contributed by atoms with Gasteiger partial charge in [-0.05, 0) is 12.5 Å². The van der Waals surface area contributed by atoms with E-state index in [1.165, 1.54) is 6.20 Å². The van der Waals surface area contributed by atoms with E-state index in [-0.39, 0.29) is 5.91 Å². The second-order valence-corrected chi connectivity index (χ2v) is 3.37. The molecule has 0 bridgehead atoms. The van der Waals surface area contributed by atoms with Crippen LogP contribution >= 0.6 is 0 Å². The first-order chi connectivity index (χ1) is 7.74. The van der Waals surface area contributed by atoms with Gasteiger partial charge in [-0.2, -0.15) is 0 Å². The van der Waals surface area contributed by atoms with Crippen LogP contribution in [0.15, 0.2) is 18.5 Å². The Hall–Kier alpha value is -1.62. The quantitative estimate of drug-likeness (QED) is 0.715. The molecule has 0 aliphatic carbocycles. The molecule has 0 saturated carbocycles. The Bertz CT molecular complexity index is 342. The zero-order valence-corrected chi connectivity index (χ0v) is 9.40. The van der Waals surface area contributed by atoms with Crippen LogP contribution in [0.2, 0.25) is 0 Å². The zero-order valence-electron chi connectivity index (χ0n) is 9.40. The summed E-state index contributed by atoms with van der Waals surface area (Å²) in [7, 11) is 0. The number of hydrogen-bond acceptors (Lipinski definition) is 4. The van der Waals surface area contributed by atoms with E-state index in [4.69, 9.17) is 10.5 Å². The van der Waals surface area contributed by atoms with Crippen molar-refractivity contribution in [3.63, 3.8) is 0 Å². The van der Waals surface area contributed by atoms with Gasteiger partial charge in [-0.25, -0.2) is 0 Å². The molecule has 0 aliphatic heterocycles. The van der Waals surface area contributed by atoms with Gasteiger partial charge in [-0.1, -0.05) is 6.92 Å². The van der Waals surface area contributed by atoms with Crippen LogP contribution in [-0.4, -0.2) is 24.1 Å². The van der Waals surface area contributed by atoms with Gasteiger partial charge < -0.3 is 15.8 Å². The van der Waals surface area contributed by atoms with Crippen molar-refractivity contribution in [1.82, 2.24) is 4.98 Å². The molecule has 1 aromatic rings. The number of hydrogen-bond donors (Lipinski definition) is 2. The highest BCUT2D eigenvalue weighted by Gasteiger charge is 2.04. The molecule has 0 aromatic carbocycles. The SMILES string of the molecule is CCCOCCC(=O)Nc1ccncc1N. The summed E-state index contributed by atoms with van der Waals surface area (Å²) in [5.41, 5.74) is 6.69. The maximum Gasteiger partial charge on any atom is 0.226 e. The summed E-state index contributed by atoms with van der Waals surface area (Å²) in [6, 6.07) is 1.67. The summed E-state index contributed by atoms with van der Waals surface area (Å²) in [6.45, 7) is 3.15. The zero-order chi connectivity index (χ0) is 11.8. The van der Waals surface area contributed by atoms with Crippen LogP contribution in [0.1, 0.15) is 19.8 Å². The summed E-state index contributed by atoms with van der Waals surface area (Å²) in [6.07, 6.45) is 4.38. The van der Waals surface area contributed by atoms with E-state index in [9.17, 15) is 4.79 Å². The van der Waals surface area contributed by atoms with Crippen LogP contribution in [0, 0.1) is 0 Å². The normalized spacial score (nSPS) is 10.1. The van der Waals surface area contributed by atoms with Gasteiger partial charge in [0, 0.05) is 12.8 Å². The van der Waals surface area contributed by atoms with Crippen molar-refractivity contribution in [3.8, 4) is 0 Å². The lowest BCUT2D eigenvalue weighted by atomic mass is 10.3. The van der Waals surface area contributed by atoms with Crippen LogP contribution in [0.5, 0.6) is 0 Å². The molecule has 5 heteroatoms. The lowest BCUT2D eigenvalue weighted by Gasteiger charge is -2.07. The van der Waals surface area contributed by atoms with E-state index in [1.807, 2.05) is 6.92 Å². The summed E-state index contributed by atoms with van der Waals surface area (Å²) >= 11 is 0. The smallest absolute Gasteiger partial charge is 0.226 e. The Morgan fingerprint density at radius 1 is 1.56 bits per heavy atom. The molecule has 0 radical (unpaired) electrons. The monoisotopic (exact) mass is 223 g/mol. The van der Waals surface area contributed by atoms with Crippen molar-refractivity contribution in [1.29, 1.82) is 0 Å². The molecule has 1 amide bonds. The lowest BCUT2D eigenvalue weighted by molar-refractivity contribution is -0.117. The average Bonchev–Trinajstić information content (AvgIpc) is 2.28. The number of anilines is 2. The van der Waals surface area contributed by atoms with Crippen molar-refractivity contribution >= 4 is 17.3 Å². The first kappa shape index (κ1) is 12.4. The van der Waals surface area contributed by atoms with Gasteiger partial charge in [0.25, 0.3) is 0 Å². The first-order valence-electron chi connectivity index (χ1n) is 5.31. The van der Waals surface area contributed by atoms with E-state index in [0.29, 0.717) is 31.0 Å². The maximum atomic E-state index is 11.5. The number of ether oxygens (including phenoxy) is 1. The van der Waals surface area contributed by atoms with E-state index in [2.05, 4.69) is 10.3 Å². The fourth-order valence-electron chi connectivity index (χ4n) is 1.14. The molecule has 0 fully saturated rings. The van der Waals surface area contributed by atoms with Gasteiger partial charge in [0.05, 0.1) is 30.6 Å². The van der Waals surface area contributed by atoms with E-state index < -0.39 is 0 Å². The number of amides is 1. The number of aromatic nitrogens is 1. The summed E-state index contributed by atoms with van der Waals surface area (Å²) in [4.78, 5) is 15.3. The highest BCUT2D eigenvalue weighted by Crippen LogP contribution is 2.15. The molecule has 1 aromatic heterocycles. The topological polar surface area (TPSA) is 77.2 Å². The highest BCUT2D eigenvalue weighted by atomic mass is 16.5. The molecule has 0 aliphatic rings. The summed E-state index contributed by atoms with van der Waals surface area (Å²) in [5, 5.41) is 2.70. The van der Waals surface area contributed by atoms with Gasteiger partial charge in [-0.3, -0.25) is 9.78 Å². The van der Waals surface area contributed by atoms with Gasteiger partial charge >= 0.3 is 0 Å². The minimum absolute atomic E-state index is 0.103. The molecular formula is C11H17N3O2. The molecular weight excluding hydrogens is 206 g/mol. The van der Waals surface area contributed by atoms with Gasteiger partial charge in [0.2, 0.25) is 5.91 Å². The minimum atomic E-state index is -0.103. The maximum absolute atomic E-state index is 11.5. The van der Waals surface area contributed by atoms with Gasteiger partial charge in [0.1, 0.15) is 0 Å². The van der Waals surface area contributed by atoms with Crippen molar-refractivity contribution in [2.24, 2.45) is 0 Å². The number of carbonyl (C=O) groups excluding carboxylic acids is 1. The van der Waals surface area contributed by atoms with Crippen molar-refractivity contribution in [2.75, 3.05) is 24.3 Å². The molecule has 0 atom stereocenters. The predicted octanol–water partition coefficient (Wildman–Crippen LogP) is 1.42. The number of carbonyl (C=O) groups is 1. The van der Waals surface area contributed by atoms with Crippen molar-refractivity contribution in [3.05, 3.63) is 18.5 Å². The van der Waals surface area contributed by atoms with Crippen molar-refractivity contribution < 1.29 is 9.53 Å². The second kappa shape index (κ2) is 6.79. The Morgan fingerprint density at radius 2 is 2.38 bits per heavy atom. The van der Waals surface area contributed by atoms with Crippen molar-refractivity contribution in [2.45, 2.75) is 19.8 Å². The number of rotatable bonds is 6. The number of nitrogen functional groups attached to an aromatic ring is 1. The predicted molar refractivity (Wildman–Crippen MR) is 63.0 cm³/mol. The average molecular weight is 223 g/mol. The molecule has 1 heterocycles. The Labute approximate surface area is 95.0 Å². The minimum Gasteiger partial charge on any atom is -0.396 e. The molecule has 0 saturated heterocycles. The Morgan fingerprint density at radius 3 is 3.06 bits per heavy atom. The third-order valence-corrected chi connectivity index (χ3v) is 1.95. The number of nitrogens with two attached hydrogens (primary N) is 1. The standard InChI is InChI=1S/C11H17N3O2/c1-2-6-16-7-4-11(15)14-10-3-5-13-8-9(10)12/h3,5,8H,2,4,6-7,12H2,1H3,(H,13,14,15). The second-order valence-electron chi connectivity index (χ2n) is 3.37. The molecule has 3 N–H and O–H groups in total. The lowest BCUT2D eigenvalue weighted by Crippen LogP contribution is -2.15. The Balaban J connectivity index is 2.32. The van der Waals surface area contributed by atoms with Gasteiger partial charge in [-0.15, -0.1) is 0 Å². The molecule has 5 nitrogen and oxygen atoms in total. The molecule has 0 spiro atoms. The third kappa shape index (κ3) is 4.27. The largest absolute Gasteiger partial charge is 0.396 e. The number of nitrogens with one attached hydrogen (secondary N) is 1. The summed E-state index contributed by atoms with van der Waals surface area (Å²) in [5.74, 6) is -0.103.